The van der Waals surface area contributed by atoms with Gasteiger partial charge in [0, 0.05) is 16.0 Å². The lowest BCUT2D eigenvalue weighted by Gasteiger charge is -2.20. The van der Waals surface area contributed by atoms with E-state index in [-0.39, 0.29) is 11.9 Å². The van der Waals surface area contributed by atoms with E-state index in [4.69, 9.17) is 16.3 Å². The summed E-state index contributed by atoms with van der Waals surface area (Å²) >= 11 is 7.36. The molecule has 2 aromatic rings. The number of carbonyl (C=O) groups excluding carboxylic acids is 2. The van der Waals surface area contributed by atoms with Crippen LogP contribution in [-0.4, -0.2) is 19.0 Å². The Labute approximate surface area is 168 Å². The lowest BCUT2D eigenvalue weighted by atomic mass is 9.86. The van der Waals surface area contributed by atoms with E-state index in [1.54, 1.807) is 18.2 Å². The molecule has 0 saturated carbocycles. The molecule has 6 heteroatoms. The number of rotatable bonds is 5. The third-order valence-electron chi connectivity index (χ3n) is 4.87. The number of hydrogen-bond acceptors (Lipinski definition) is 4. The zero-order valence-electron chi connectivity index (χ0n) is 15.4. The number of carbonyl (C=O) groups is 2. The van der Waals surface area contributed by atoms with Crippen LogP contribution in [0.3, 0.4) is 0 Å². The maximum Gasteiger partial charge on any atom is 0.341 e. The van der Waals surface area contributed by atoms with Gasteiger partial charge in [-0.3, -0.25) is 4.79 Å². The first-order valence-corrected chi connectivity index (χ1v) is 10.2. The summed E-state index contributed by atoms with van der Waals surface area (Å²) < 4.78 is 4.96. The predicted molar refractivity (Wildman–Crippen MR) is 111 cm³/mol. The largest absolute Gasteiger partial charge is 0.465 e. The molecule has 142 valence electrons. The Morgan fingerprint density at radius 3 is 2.74 bits per heavy atom. The van der Waals surface area contributed by atoms with E-state index >= 15 is 0 Å². The molecular weight excluding hydrogens is 382 g/mol. The number of thiophene rings is 1. The summed E-state index contributed by atoms with van der Waals surface area (Å²) in [6, 6.07) is 7.21. The molecule has 1 heterocycles. The molecule has 3 rings (SSSR count). The van der Waals surface area contributed by atoms with Crippen molar-refractivity contribution in [3.05, 3.63) is 56.9 Å². The lowest BCUT2D eigenvalue weighted by Crippen LogP contribution is -2.15. The van der Waals surface area contributed by atoms with E-state index < -0.39 is 0 Å². The summed E-state index contributed by atoms with van der Waals surface area (Å²) in [5.41, 5.74) is 2.42. The van der Waals surface area contributed by atoms with E-state index in [0.29, 0.717) is 21.5 Å². The van der Waals surface area contributed by atoms with E-state index in [2.05, 4.69) is 12.2 Å². The maximum atomic E-state index is 12.4. The van der Waals surface area contributed by atoms with Gasteiger partial charge in [-0.2, -0.15) is 0 Å². The fourth-order valence-corrected chi connectivity index (χ4v) is 4.79. The monoisotopic (exact) mass is 403 g/mol. The summed E-state index contributed by atoms with van der Waals surface area (Å²) in [5, 5.41) is 4.09. The highest BCUT2D eigenvalue weighted by Gasteiger charge is 2.29. The number of benzene rings is 1. The summed E-state index contributed by atoms with van der Waals surface area (Å²) in [7, 11) is 1.37. The van der Waals surface area contributed by atoms with Crippen LogP contribution >= 0.6 is 22.9 Å². The minimum atomic E-state index is -0.389. The van der Waals surface area contributed by atoms with E-state index in [1.807, 2.05) is 12.1 Å². The number of ether oxygens (including phenoxy) is 1. The van der Waals surface area contributed by atoms with Crippen molar-refractivity contribution in [3.63, 3.8) is 0 Å². The van der Waals surface area contributed by atoms with Crippen LogP contribution < -0.4 is 5.32 Å². The van der Waals surface area contributed by atoms with Crippen molar-refractivity contribution >= 4 is 45.9 Å². The number of esters is 1. The average molecular weight is 404 g/mol. The quantitative estimate of drug-likeness (QED) is 0.540. The van der Waals surface area contributed by atoms with Gasteiger partial charge in [-0.05, 0) is 54.5 Å². The van der Waals surface area contributed by atoms with Crippen LogP contribution in [0.5, 0.6) is 0 Å². The van der Waals surface area contributed by atoms with Crippen LogP contribution in [0.1, 0.15) is 46.1 Å². The molecule has 1 aliphatic rings. The van der Waals surface area contributed by atoms with E-state index in [1.165, 1.54) is 29.4 Å². The molecular formula is C21H22ClNO3S. The Bertz CT molecular complexity index is 870. The summed E-state index contributed by atoms with van der Waals surface area (Å²) in [5.74, 6) is -0.0323. The van der Waals surface area contributed by atoms with Crippen LogP contribution in [0.2, 0.25) is 5.02 Å². The number of hydrogen-bond donors (Lipinski definition) is 1. The minimum Gasteiger partial charge on any atom is -0.465 e. The first kappa shape index (κ1) is 19.6. The van der Waals surface area contributed by atoms with Crippen molar-refractivity contribution in [2.24, 2.45) is 5.92 Å². The van der Waals surface area contributed by atoms with E-state index in [9.17, 15) is 9.59 Å². The van der Waals surface area contributed by atoms with Crippen molar-refractivity contribution in [1.82, 2.24) is 0 Å². The lowest BCUT2D eigenvalue weighted by molar-refractivity contribution is -0.111. The standard InChI is InChI=1S/C21H22ClNO3S/c1-3-13-6-10-16-17(12-13)27-20(19(16)21(25)26-2)23-18(24)11-7-14-4-8-15(22)9-5-14/h4-5,7-9,11,13H,3,6,10,12H2,1-2H3,(H,23,24)/b11-7-/t13-/m0/s1. The molecule has 0 saturated heterocycles. The third kappa shape index (κ3) is 4.60. The molecule has 0 aliphatic heterocycles. The van der Waals surface area contributed by atoms with Gasteiger partial charge in [0.2, 0.25) is 5.91 Å². The highest BCUT2D eigenvalue weighted by molar-refractivity contribution is 7.17. The van der Waals surface area contributed by atoms with Crippen molar-refractivity contribution < 1.29 is 14.3 Å². The predicted octanol–water partition coefficient (Wildman–Crippen LogP) is 5.35. The molecule has 27 heavy (non-hydrogen) atoms. The minimum absolute atomic E-state index is 0.277. The molecule has 0 unspecified atom stereocenters. The van der Waals surface area contributed by atoms with Crippen molar-refractivity contribution in [2.45, 2.75) is 32.6 Å². The van der Waals surface area contributed by atoms with Gasteiger partial charge in [-0.25, -0.2) is 4.79 Å². The van der Waals surface area contributed by atoms with Crippen molar-refractivity contribution in [3.8, 4) is 0 Å². The second kappa shape index (κ2) is 8.72. The van der Waals surface area contributed by atoms with Crippen molar-refractivity contribution in [1.29, 1.82) is 0 Å². The van der Waals surface area contributed by atoms with Crippen molar-refractivity contribution in [2.75, 3.05) is 12.4 Å². The second-order valence-electron chi connectivity index (χ2n) is 6.59. The summed E-state index contributed by atoms with van der Waals surface area (Å²) in [6.45, 7) is 2.19. The fraction of sp³-hybridized carbons (Fsp3) is 0.333. The maximum absolute atomic E-state index is 12.4. The Hall–Kier alpha value is -2.11. The van der Waals surface area contributed by atoms with Gasteiger partial charge in [0.15, 0.2) is 0 Å². The first-order chi connectivity index (χ1) is 13.0. The van der Waals surface area contributed by atoms with Crippen LogP contribution in [0.25, 0.3) is 6.08 Å². The van der Waals surface area contributed by atoms with Gasteiger partial charge < -0.3 is 10.1 Å². The summed E-state index contributed by atoms with van der Waals surface area (Å²) in [4.78, 5) is 25.9. The molecule has 0 fully saturated rings. The molecule has 0 bridgehead atoms. The van der Waals surface area contributed by atoms with Gasteiger partial charge >= 0.3 is 5.97 Å². The Morgan fingerprint density at radius 2 is 2.07 bits per heavy atom. The molecule has 1 atom stereocenters. The number of methoxy groups -OCH3 is 1. The van der Waals surface area contributed by atoms with Gasteiger partial charge in [0.1, 0.15) is 5.00 Å². The molecule has 0 radical (unpaired) electrons. The highest BCUT2D eigenvalue weighted by atomic mass is 35.5. The molecule has 1 aromatic carbocycles. The second-order valence-corrected chi connectivity index (χ2v) is 8.13. The number of nitrogens with one attached hydrogen (secondary N) is 1. The zero-order chi connectivity index (χ0) is 19.4. The topological polar surface area (TPSA) is 55.4 Å². The average Bonchev–Trinajstić information content (AvgIpc) is 3.03. The van der Waals surface area contributed by atoms with Crippen LogP contribution in [-0.2, 0) is 22.4 Å². The smallest absolute Gasteiger partial charge is 0.341 e. The molecule has 0 spiro atoms. The number of fused-ring (bicyclic) bond motifs is 1. The van der Waals surface area contributed by atoms with E-state index in [0.717, 1.165) is 36.8 Å². The summed E-state index contributed by atoms with van der Waals surface area (Å²) in [6.07, 6.45) is 7.16. The number of anilines is 1. The highest BCUT2D eigenvalue weighted by Crippen LogP contribution is 2.40. The number of amides is 1. The SMILES string of the molecule is CC[C@H]1CCc2c(sc(NC(=O)/C=C\c3ccc(Cl)cc3)c2C(=O)OC)C1. The Morgan fingerprint density at radius 1 is 1.33 bits per heavy atom. The Kier molecular flexibility index (Phi) is 6.34. The van der Waals surface area contributed by atoms with Crippen LogP contribution in [0.4, 0.5) is 5.00 Å². The van der Waals surface area contributed by atoms with Gasteiger partial charge in [-0.1, -0.05) is 37.1 Å². The molecule has 1 amide bonds. The fourth-order valence-electron chi connectivity index (χ4n) is 3.31. The Balaban J connectivity index is 1.81. The van der Waals surface area contributed by atoms with Gasteiger partial charge in [-0.15, -0.1) is 11.3 Å². The van der Waals surface area contributed by atoms with Gasteiger partial charge in [0.05, 0.1) is 12.7 Å². The van der Waals surface area contributed by atoms with Gasteiger partial charge in [0.25, 0.3) is 0 Å². The number of halogens is 1. The molecule has 1 N–H and O–H groups in total. The molecule has 4 nitrogen and oxygen atoms in total. The molecule has 1 aliphatic carbocycles. The third-order valence-corrected chi connectivity index (χ3v) is 6.29. The molecule has 1 aromatic heterocycles. The first-order valence-electron chi connectivity index (χ1n) is 8.99. The van der Waals surface area contributed by atoms with Crippen LogP contribution in [0.15, 0.2) is 30.3 Å². The normalized spacial score (nSPS) is 16.2. The van der Waals surface area contributed by atoms with Crippen LogP contribution in [0, 0.1) is 5.92 Å². The zero-order valence-corrected chi connectivity index (χ0v) is 17.0.